The molecule has 0 saturated carbocycles. The van der Waals surface area contributed by atoms with Crippen LogP contribution in [0, 0.1) is 0 Å². The molecule has 0 spiro atoms. The Labute approximate surface area is 45.3 Å². The zero-order chi connectivity index (χ0) is 5.98. The van der Waals surface area contributed by atoms with Crippen molar-refractivity contribution in [1.82, 2.24) is 10.3 Å². The molecule has 5 heteroatoms. The smallest absolute Gasteiger partial charge is 0.342 e. The molecule has 0 unspecified atom stereocenters. The van der Waals surface area contributed by atoms with Gasteiger partial charge in [-0.05, 0) is 4.99 Å². The third-order valence-electron chi connectivity index (χ3n) is 0.607. The first-order chi connectivity index (χ1) is 3.79. The highest BCUT2D eigenvalue weighted by Gasteiger charge is 2.13. The first-order valence-electron chi connectivity index (χ1n) is 1.96. The fourth-order valence-electron chi connectivity index (χ4n) is 0.318. The van der Waals surface area contributed by atoms with Crippen molar-refractivity contribution in [2.24, 2.45) is 10.7 Å². The van der Waals surface area contributed by atoms with Crippen LogP contribution in [-0.2, 0) is 0 Å². The molecule has 0 atom stereocenters. The molecular weight excluding hydrogens is 108 g/mol. The summed E-state index contributed by atoms with van der Waals surface area (Å²) in [4.78, 5) is 16.9. The van der Waals surface area contributed by atoms with Crippen LogP contribution in [0.4, 0.5) is 4.79 Å². The van der Waals surface area contributed by atoms with Crippen molar-refractivity contribution in [2.75, 3.05) is 0 Å². The number of nitrogens with two attached hydrogens (primary N) is 1. The maximum absolute atomic E-state index is 10.2. The Kier molecular flexibility index (Phi) is 0.957. The van der Waals surface area contributed by atoms with E-state index < -0.39 is 6.03 Å². The predicted molar refractivity (Wildman–Crippen MR) is 28.4 cm³/mol. The SMILES string of the molecule is NC1=NC=[N+]C(=O)N1. The van der Waals surface area contributed by atoms with E-state index in [0.717, 1.165) is 6.34 Å². The highest BCUT2D eigenvalue weighted by molar-refractivity contribution is 6.03. The lowest BCUT2D eigenvalue weighted by atomic mass is 10.8. The van der Waals surface area contributed by atoms with E-state index in [-0.39, 0.29) is 5.96 Å². The molecule has 0 aromatic carbocycles. The second-order valence-electron chi connectivity index (χ2n) is 1.19. The van der Waals surface area contributed by atoms with Crippen LogP contribution in [0.2, 0.25) is 0 Å². The molecule has 1 heterocycles. The standard InChI is InChI=1S/C3H4N4O/c4-2-5-1-6-3(8)7-2/h1H,(H3,4,5,7,8)/q+1. The first kappa shape index (κ1) is 4.76. The van der Waals surface area contributed by atoms with Gasteiger partial charge in [-0.25, -0.2) is 4.79 Å². The molecule has 0 aromatic heterocycles. The molecule has 8 heavy (non-hydrogen) atoms. The average molecular weight is 112 g/mol. The topological polar surface area (TPSA) is 81.6 Å². The van der Waals surface area contributed by atoms with Crippen LogP contribution in [0.25, 0.3) is 0 Å². The summed E-state index contributed by atoms with van der Waals surface area (Å²) < 4.78 is 0. The van der Waals surface area contributed by atoms with E-state index in [2.05, 4.69) is 15.3 Å². The number of nitrogens with one attached hydrogen (secondary N) is 1. The fraction of sp³-hybridized carbons (Fsp3) is 0. The summed E-state index contributed by atoms with van der Waals surface area (Å²) in [6.45, 7) is 0. The number of carbonyl (C=O) groups excluding carboxylic acids is 1. The normalized spacial score (nSPS) is 17.5. The van der Waals surface area contributed by atoms with E-state index in [4.69, 9.17) is 5.73 Å². The Morgan fingerprint density at radius 3 is 3.00 bits per heavy atom. The van der Waals surface area contributed by atoms with Gasteiger partial charge in [0.15, 0.2) is 0 Å². The molecule has 0 aromatic rings. The maximum atomic E-state index is 10.2. The maximum Gasteiger partial charge on any atom is 0.478 e. The molecule has 0 saturated heterocycles. The van der Waals surface area contributed by atoms with Gasteiger partial charge in [0, 0.05) is 0 Å². The van der Waals surface area contributed by atoms with Gasteiger partial charge in [0.05, 0.1) is 0 Å². The van der Waals surface area contributed by atoms with Gasteiger partial charge in [0.2, 0.25) is 0 Å². The summed E-state index contributed by atoms with van der Waals surface area (Å²) in [5, 5.41) is 2.17. The predicted octanol–water partition coefficient (Wildman–Crippen LogP) is -1.61. The molecule has 1 radical (unpaired) electrons. The molecule has 0 aliphatic carbocycles. The summed E-state index contributed by atoms with van der Waals surface area (Å²) in [6, 6.07) is -0.475. The van der Waals surface area contributed by atoms with Crippen molar-refractivity contribution in [3.8, 4) is 0 Å². The number of guanidine groups is 1. The van der Waals surface area contributed by atoms with Gasteiger partial charge < -0.3 is 5.73 Å². The van der Waals surface area contributed by atoms with Gasteiger partial charge in [-0.2, -0.15) is 5.32 Å². The van der Waals surface area contributed by atoms with Crippen molar-refractivity contribution >= 4 is 18.3 Å². The quantitative estimate of drug-likeness (QED) is 0.395. The third-order valence-corrected chi connectivity index (χ3v) is 0.607. The summed E-state index contributed by atoms with van der Waals surface area (Å²) >= 11 is 0. The Balaban J connectivity index is 2.73. The largest absolute Gasteiger partial charge is 0.478 e. The van der Waals surface area contributed by atoms with Gasteiger partial charge in [-0.1, -0.05) is 4.99 Å². The molecule has 0 bridgehead atoms. The molecule has 1 rings (SSSR count). The van der Waals surface area contributed by atoms with E-state index in [1.807, 2.05) is 0 Å². The number of aliphatic imine (C=N–C) groups is 2. The van der Waals surface area contributed by atoms with Crippen LogP contribution < -0.4 is 16.0 Å². The first-order valence-corrected chi connectivity index (χ1v) is 1.96. The van der Waals surface area contributed by atoms with Crippen molar-refractivity contribution in [3.05, 3.63) is 0 Å². The number of amides is 2. The number of hydrogen-bond acceptors (Lipinski definition) is 3. The molecule has 0 fully saturated rings. The van der Waals surface area contributed by atoms with Crippen molar-refractivity contribution in [1.29, 1.82) is 0 Å². The molecule has 41 valence electrons. The molecule has 1 aliphatic rings. The van der Waals surface area contributed by atoms with Crippen LogP contribution >= 0.6 is 0 Å². The second kappa shape index (κ2) is 1.61. The fourth-order valence-corrected chi connectivity index (χ4v) is 0.318. The lowest BCUT2D eigenvalue weighted by Gasteiger charge is -1.88. The Morgan fingerprint density at radius 2 is 2.62 bits per heavy atom. The van der Waals surface area contributed by atoms with Crippen LogP contribution in [0.1, 0.15) is 0 Å². The second-order valence-corrected chi connectivity index (χ2v) is 1.19. The zero-order valence-electron chi connectivity index (χ0n) is 3.96. The van der Waals surface area contributed by atoms with Gasteiger partial charge in [-0.15, -0.1) is 0 Å². The monoisotopic (exact) mass is 112 g/mol. The van der Waals surface area contributed by atoms with Crippen LogP contribution in [0.15, 0.2) is 4.99 Å². The van der Waals surface area contributed by atoms with Crippen molar-refractivity contribution < 1.29 is 4.79 Å². The lowest BCUT2D eigenvalue weighted by molar-refractivity contribution is 0.250. The Bertz CT molecular complexity index is 170. The lowest BCUT2D eigenvalue weighted by Crippen LogP contribution is -2.40. The van der Waals surface area contributed by atoms with E-state index in [9.17, 15) is 4.79 Å². The summed E-state index contributed by atoms with van der Waals surface area (Å²) in [5.41, 5.74) is 5.05. The van der Waals surface area contributed by atoms with E-state index in [1.54, 1.807) is 0 Å². The van der Waals surface area contributed by atoms with Gasteiger partial charge in [0.25, 0.3) is 6.34 Å². The highest BCUT2D eigenvalue weighted by atomic mass is 16.2. The van der Waals surface area contributed by atoms with E-state index >= 15 is 0 Å². The Hall–Kier alpha value is -1.39. The van der Waals surface area contributed by atoms with Gasteiger partial charge >= 0.3 is 12.0 Å². The summed E-state index contributed by atoms with van der Waals surface area (Å²) in [7, 11) is 0. The number of urea groups is 1. The number of nitrogens with zero attached hydrogens (tertiary/aromatic N) is 2. The molecule has 1 aliphatic heterocycles. The van der Waals surface area contributed by atoms with Crippen LogP contribution in [-0.4, -0.2) is 18.3 Å². The van der Waals surface area contributed by atoms with E-state index in [1.165, 1.54) is 0 Å². The number of carbonyl (C=O) groups is 1. The summed E-state index contributed by atoms with van der Waals surface area (Å²) in [5.74, 6) is 0.0880. The van der Waals surface area contributed by atoms with Gasteiger partial charge in [-0.3, -0.25) is 0 Å². The minimum Gasteiger partial charge on any atom is -0.342 e. The summed E-state index contributed by atoms with van der Waals surface area (Å²) in [6.07, 6.45) is 1.11. The minimum atomic E-state index is -0.475. The number of hydrogen-bond donors (Lipinski definition) is 2. The average Bonchev–Trinajstić information content (AvgIpc) is 1.64. The molecule has 5 nitrogen and oxygen atoms in total. The third kappa shape index (κ3) is 0.810. The van der Waals surface area contributed by atoms with Gasteiger partial charge in [0.1, 0.15) is 0 Å². The Morgan fingerprint density at radius 1 is 1.88 bits per heavy atom. The van der Waals surface area contributed by atoms with E-state index in [0.29, 0.717) is 0 Å². The molecular formula is C3H4N4O+. The van der Waals surface area contributed by atoms with Crippen LogP contribution in [0.3, 0.4) is 0 Å². The molecule has 2 amide bonds. The zero-order valence-corrected chi connectivity index (χ0v) is 3.96. The number of rotatable bonds is 0. The molecule has 3 N–H and O–H groups in total. The highest BCUT2D eigenvalue weighted by Crippen LogP contribution is 1.67. The van der Waals surface area contributed by atoms with Crippen molar-refractivity contribution in [3.63, 3.8) is 0 Å². The van der Waals surface area contributed by atoms with Crippen molar-refractivity contribution in [2.45, 2.75) is 0 Å². The minimum absolute atomic E-state index is 0.0880. The van der Waals surface area contributed by atoms with Crippen LogP contribution in [0.5, 0.6) is 0 Å².